The van der Waals surface area contributed by atoms with Crippen LogP contribution in [0.25, 0.3) is 22.0 Å². The van der Waals surface area contributed by atoms with Crippen molar-refractivity contribution >= 4 is 27.4 Å². The van der Waals surface area contributed by atoms with Crippen LogP contribution in [-0.2, 0) is 0 Å². The largest absolute Gasteiger partial charge is 0.366 e. The first-order valence-electron chi connectivity index (χ1n) is 8.89. The van der Waals surface area contributed by atoms with Gasteiger partial charge in [0, 0.05) is 28.7 Å². The third-order valence-electron chi connectivity index (χ3n) is 5.35. The van der Waals surface area contributed by atoms with E-state index in [0.717, 1.165) is 23.8 Å². The highest BCUT2D eigenvalue weighted by Crippen LogP contribution is 2.49. The van der Waals surface area contributed by atoms with Gasteiger partial charge < -0.3 is 10.7 Å². The van der Waals surface area contributed by atoms with E-state index >= 15 is 0 Å². The van der Waals surface area contributed by atoms with E-state index < -0.39 is 28.1 Å². The van der Waals surface area contributed by atoms with Gasteiger partial charge in [-0.15, -0.1) is 0 Å². The number of H-pyrrole nitrogens is 1. The zero-order valence-corrected chi connectivity index (χ0v) is 15.7. The molecule has 3 aromatic rings. The third-order valence-corrected chi connectivity index (χ3v) is 7.13. The first-order valence-corrected chi connectivity index (χ1v) is 10.8. The maximum atomic E-state index is 14.3. The predicted molar refractivity (Wildman–Crippen MR) is 107 cm³/mol. The van der Waals surface area contributed by atoms with E-state index in [-0.39, 0.29) is 17.0 Å². The van der Waals surface area contributed by atoms with Crippen LogP contribution in [0.15, 0.2) is 36.5 Å². The van der Waals surface area contributed by atoms with Gasteiger partial charge in [-0.05, 0) is 60.2 Å². The van der Waals surface area contributed by atoms with Gasteiger partial charge in [-0.1, -0.05) is 0 Å². The molecule has 0 aliphatic carbocycles. The van der Waals surface area contributed by atoms with Gasteiger partial charge in [0.1, 0.15) is 11.6 Å². The van der Waals surface area contributed by atoms with Crippen LogP contribution in [0.3, 0.4) is 0 Å². The molecule has 1 saturated heterocycles. The molecule has 28 heavy (non-hydrogen) atoms. The number of nitrogens with one attached hydrogen (secondary N) is 1. The quantitative estimate of drug-likeness (QED) is 0.501. The standard InChI is InChI=1S/C20H20F2N2O3S/c21-13-1-2-18(22)14(9-13)12-7-15-17(11-3-5-28(26,27)6-4-11)10-24-19(15)16(8-12)20(23)25/h1-2,7-11,24,26-27H,3-6H2,(H2,23,25). The first kappa shape index (κ1) is 18.9. The highest BCUT2D eigenvalue weighted by Gasteiger charge is 2.27. The number of hydrogen-bond donors (Lipinski definition) is 4. The Kier molecular flexibility index (Phi) is 4.65. The van der Waals surface area contributed by atoms with E-state index in [1.807, 2.05) is 0 Å². The molecule has 0 saturated carbocycles. The molecule has 0 spiro atoms. The van der Waals surface area contributed by atoms with Crippen molar-refractivity contribution in [2.45, 2.75) is 18.8 Å². The van der Waals surface area contributed by atoms with Crippen LogP contribution in [0, 0.1) is 11.6 Å². The average molecular weight is 406 g/mol. The Hall–Kier alpha value is -2.42. The number of primary amides is 1. The summed E-state index contributed by atoms with van der Waals surface area (Å²) in [6.07, 6.45) is 2.98. The Morgan fingerprint density at radius 2 is 1.86 bits per heavy atom. The van der Waals surface area contributed by atoms with Crippen molar-refractivity contribution in [2.75, 3.05) is 11.5 Å². The molecular formula is C20H20F2N2O3S. The van der Waals surface area contributed by atoms with Gasteiger partial charge in [-0.25, -0.2) is 8.78 Å². The maximum absolute atomic E-state index is 14.3. The van der Waals surface area contributed by atoms with Crippen molar-refractivity contribution in [3.05, 3.63) is 59.3 Å². The Morgan fingerprint density at radius 1 is 1.14 bits per heavy atom. The lowest BCUT2D eigenvalue weighted by Gasteiger charge is -2.39. The molecule has 0 unspecified atom stereocenters. The molecule has 0 bridgehead atoms. The summed E-state index contributed by atoms with van der Waals surface area (Å²) < 4.78 is 47.7. The average Bonchev–Trinajstić information content (AvgIpc) is 3.06. The number of carbonyl (C=O) groups is 1. The van der Waals surface area contributed by atoms with Gasteiger partial charge in [0.05, 0.1) is 11.1 Å². The fourth-order valence-electron chi connectivity index (χ4n) is 3.88. The molecule has 2 aromatic carbocycles. The zero-order chi connectivity index (χ0) is 20.1. The second-order valence-electron chi connectivity index (χ2n) is 7.16. The van der Waals surface area contributed by atoms with E-state index in [1.54, 1.807) is 12.3 Å². The zero-order valence-electron chi connectivity index (χ0n) is 14.9. The van der Waals surface area contributed by atoms with Gasteiger partial charge in [0.2, 0.25) is 0 Å². The molecule has 4 rings (SSSR count). The molecule has 148 valence electrons. The number of aromatic amines is 1. The van der Waals surface area contributed by atoms with Crippen LogP contribution in [0.2, 0.25) is 0 Å². The predicted octanol–water partition coefficient (Wildman–Crippen LogP) is 4.84. The molecule has 1 aliphatic rings. The normalized spacial score (nSPS) is 18.3. The van der Waals surface area contributed by atoms with Gasteiger partial charge >= 0.3 is 0 Å². The number of halogens is 2. The van der Waals surface area contributed by atoms with Crippen molar-refractivity contribution in [1.82, 2.24) is 4.98 Å². The monoisotopic (exact) mass is 406 g/mol. The van der Waals surface area contributed by atoms with E-state index in [9.17, 15) is 22.7 Å². The Labute approximate surface area is 161 Å². The molecule has 0 radical (unpaired) electrons. The summed E-state index contributed by atoms with van der Waals surface area (Å²) in [5.41, 5.74) is 7.59. The Balaban J connectivity index is 1.87. The van der Waals surface area contributed by atoms with Gasteiger partial charge in [0.25, 0.3) is 5.91 Å². The van der Waals surface area contributed by atoms with Crippen molar-refractivity contribution in [3.8, 4) is 11.1 Å². The molecule has 5 nitrogen and oxygen atoms in total. The summed E-state index contributed by atoms with van der Waals surface area (Å²) in [5, 5.41) is 0.707. The number of hydrogen-bond acceptors (Lipinski definition) is 3. The van der Waals surface area contributed by atoms with E-state index in [2.05, 4.69) is 4.98 Å². The SMILES string of the molecule is NC(=O)c1cc(-c2cc(F)ccc2F)cc2c(C3CCS(O)(O)CC3)c[nH]c12. The molecule has 1 fully saturated rings. The van der Waals surface area contributed by atoms with Gasteiger partial charge in [-0.3, -0.25) is 13.9 Å². The fourth-order valence-corrected chi connectivity index (χ4v) is 5.41. The Morgan fingerprint density at radius 3 is 2.54 bits per heavy atom. The lowest BCUT2D eigenvalue weighted by atomic mass is 9.90. The second-order valence-corrected chi connectivity index (χ2v) is 9.58. The number of rotatable bonds is 3. The van der Waals surface area contributed by atoms with Gasteiger partial charge in [-0.2, -0.15) is 10.6 Å². The number of fused-ring (bicyclic) bond motifs is 1. The molecule has 8 heteroatoms. The molecule has 5 N–H and O–H groups in total. The van der Waals surface area contributed by atoms with E-state index in [0.29, 0.717) is 40.8 Å². The van der Waals surface area contributed by atoms with E-state index in [4.69, 9.17) is 5.73 Å². The molecule has 1 amide bonds. The number of carbonyl (C=O) groups excluding carboxylic acids is 1. The van der Waals surface area contributed by atoms with Crippen LogP contribution in [-0.4, -0.2) is 31.5 Å². The van der Waals surface area contributed by atoms with Crippen LogP contribution >= 0.6 is 10.6 Å². The van der Waals surface area contributed by atoms with Gasteiger partial charge in [0.15, 0.2) is 0 Å². The molecule has 1 aliphatic heterocycles. The minimum atomic E-state index is -2.52. The van der Waals surface area contributed by atoms with Crippen molar-refractivity contribution in [1.29, 1.82) is 0 Å². The van der Waals surface area contributed by atoms with Crippen LogP contribution in [0.5, 0.6) is 0 Å². The maximum Gasteiger partial charge on any atom is 0.250 e. The minimum absolute atomic E-state index is 0.0503. The molecule has 2 heterocycles. The second kappa shape index (κ2) is 6.88. The number of nitrogens with two attached hydrogens (primary N) is 1. The van der Waals surface area contributed by atoms with Crippen molar-refractivity contribution in [3.63, 3.8) is 0 Å². The van der Waals surface area contributed by atoms with Crippen LogP contribution in [0.4, 0.5) is 8.78 Å². The summed E-state index contributed by atoms with van der Waals surface area (Å²) in [4.78, 5) is 15.1. The molecule has 1 aromatic heterocycles. The molecular weight excluding hydrogens is 386 g/mol. The number of aromatic nitrogens is 1. The van der Waals surface area contributed by atoms with Crippen LogP contribution < -0.4 is 5.73 Å². The van der Waals surface area contributed by atoms with Crippen molar-refractivity contribution < 1.29 is 22.7 Å². The highest BCUT2D eigenvalue weighted by atomic mass is 32.3. The third kappa shape index (κ3) is 3.39. The van der Waals surface area contributed by atoms with Crippen molar-refractivity contribution in [2.24, 2.45) is 5.73 Å². The summed E-state index contributed by atoms with van der Waals surface area (Å²) in [7, 11) is -2.52. The molecule has 0 atom stereocenters. The lowest BCUT2D eigenvalue weighted by Crippen LogP contribution is -2.19. The Bertz CT molecular complexity index is 1070. The summed E-state index contributed by atoms with van der Waals surface area (Å²) >= 11 is 0. The smallest absolute Gasteiger partial charge is 0.250 e. The summed E-state index contributed by atoms with van der Waals surface area (Å²) in [5.74, 6) is -1.13. The fraction of sp³-hybridized carbons (Fsp3) is 0.250. The number of benzene rings is 2. The number of amides is 1. The topological polar surface area (TPSA) is 99.3 Å². The summed E-state index contributed by atoms with van der Waals surface area (Å²) in [6, 6.07) is 6.35. The lowest BCUT2D eigenvalue weighted by molar-refractivity contribution is 0.100. The minimum Gasteiger partial charge on any atom is -0.366 e. The van der Waals surface area contributed by atoms with Crippen LogP contribution in [0.1, 0.15) is 34.7 Å². The summed E-state index contributed by atoms with van der Waals surface area (Å²) in [6.45, 7) is 0. The van der Waals surface area contributed by atoms with E-state index in [1.165, 1.54) is 6.07 Å². The first-order chi connectivity index (χ1) is 13.2. The highest BCUT2D eigenvalue weighted by molar-refractivity contribution is 8.24.